The van der Waals surface area contributed by atoms with Gasteiger partial charge in [-0.15, -0.1) is 5.10 Å². The normalized spacial score (nSPS) is 11.1. The van der Waals surface area contributed by atoms with Crippen molar-refractivity contribution >= 4 is 17.5 Å². The van der Waals surface area contributed by atoms with E-state index in [1.165, 1.54) is 23.1 Å². The van der Waals surface area contributed by atoms with E-state index in [1.807, 2.05) is 0 Å². The highest BCUT2D eigenvalue weighted by Crippen LogP contribution is 2.25. The molecule has 0 radical (unpaired) electrons. The van der Waals surface area contributed by atoms with E-state index in [4.69, 9.17) is 4.42 Å². The minimum absolute atomic E-state index is 0.0262. The summed E-state index contributed by atoms with van der Waals surface area (Å²) in [4.78, 5) is 12.5. The molecule has 0 unspecified atom stereocenters. The Morgan fingerprint density at radius 3 is 2.96 bits per heavy atom. The predicted molar refractivity (Wildman–Crippen MR) is 88.5 cm³/mol. The van der Waals surface area contributed by atoms with Crippen molar-refractivity contribution in [3.05, 3.63) is 53.5 Å². The zero-order valence-corrected chi connectivity index (χ0v) is 14.4. The quantitative estimate of drug-likeness (QED) is 0.438. The van der Waals surface area contributed by atoms with Crippen LogP contribution in [0.15, 0.2) is 46.2 Å². The number of tetrazole rings is 1. The molecular formula is C16H14F2N4O3S. The Morgan fingerprint density at radius 1 is 1.38 bits per heavy atom. The number of benzene rings is 1. The number of carbonyl (C=O) groups is 1. The van der Waals surface area contributed by atoms with Gasteiger partial charge in [0.25, 0.3) is 0 Å². The van der Waals surface area contributed by atoms with Gasteiger partial charge in [-0.2, -0.15) is 8.78 Å². The lowest BCUT2D eigenvalue weighted by Crippen LogP contribution is -2.11. The smallest absolute Gasteiger partial charge is 0.387 e. The fraction of sp³-hybridized carbons (Fsp3) is 0.250. The number of hydrogen-bond acceptors (Lipinski definition) is 7. The minimum atomic E-state index is -3.00. The summed E-state index contributed by atoms with van der Waals surface area (Å²) in [5, 5.41) is 11.7. The van der Waals surface area contributed by atoms with Gasteiger partial charge in [-0.1, -0.05) is 23.4 Å². The van der Waals surface area contributed by atoms with Gasteiger partial charge < -0.3 is 9.15 Å². The van der Waals surface area contributed by atoms with Crippen molar-refractivity contribution in [3.63, 3.8) is 0 Å². The molecular weight excluding hydrogens is 366 g/mol. The van der Waals surface area contributed by atoms with Gasteiger partial charge in [-0.05, 0) is 41.6 Å². The minimum Gasteiger partial charge on any atom is -0.467 e. The summed E-state index contributed by atoms with van der Waals surface area (Å²) in [5.74, 6) is 0.131. The standard InChI is InChI=1S/C16H14F2N4O3S/c1-10-4-5-14(25-15(17)18)12(7-10)13(23)9-26-16-19-20-21-22(16)8-11-3-2-6-24-11/h2-7,15H,8-9H2,1H3. The molecule has 26 heavy (non-hydrogen) atoms. The van der Waals surface area contributed by atoms with Crippen molar-refractivity contribution in [1.82, 2.24) is 20.2 Å². The topological polar surface area (TPSA) is 83.0 Å². The molecule has 3 aromatic rings. The Labute approximate surface area is 151 Å². The summed E-state index contributed by atoms with van der Waals surface area (Å²) in [5.41, 5.74) is 0.866. The van der Waals surface area contributed by atoms with Crippen LogP contribution in [-0.2, 0) is 6.54 Å². The van der Waals surface area contributed by atoms with Gasteiger partial charge in [-0.3, -0.25) is 4.79 Å². The second kappa shape index (κ2) is 8.09. The van der Waals surface area contributed by atoms with Crippen LogP contribution in [-0.4, -0.2) is 38.4 Å². The third-order valence-corrected chi connectivity index (χ3v) is 4.33. The van der Waals surface area contributed by atoms with Crippen molar-refractivity contribution in [2.24, 2.45) is 0 Å². The molecule has 0 saturated heterocycles. The Balaban J connectivity index is 1.70. The second-order valence-corrected chi connectivity index (χ2v) is 6.23. The maximum Gasteiger partial charge on any atom is 0.387 e. The summed E-state index contributed by atoms with van der Waals surface area (Å²) in [6, 6.07) is 8.01. The zero-order valence-electron chi connectivity index (χ0n) is 13.6. The van der Waals surface area contributed by atoms with E-state index in [9.17, 15) is 13.6 Å². The van der Waals surface area contributed by atoms with E-state index in [0.717, 1.165) is 17.3 Å². The monoisotopic (exact) mass is 380 g/mol. The SMILES string of the molecule is Cc1ccc(OC(F)F)c(C(=O)CSc2nnnn2Cc2ccco2)c1. The number of aryl methyl sites for hydroxylation is 1. The molecule has 136 valence electrons. The lowest BCUT2D eigenvalue weighted by atomic mass is 10.1. The fourth-order valence-corrected chi connectivity index (χ4v) is 2.98. The number of aromatic nitrogens is 4. The molecule has 0 N–H and O–H groups in total. The highest BCUT2D eigenvalue weighted by Gasteiger charge is 2.18. The highest BCUT2D eigenvalue weighted by atomic mass is 32.2. The van der Waals surface area contributed by atoms with Gasteiger partial charge in [0.1, 0.15) is 18.1 Å². The molecule has 0 saturated carbocycles. The molecule has 2 aromatic heterocycles. The van der Waals surface area contributed by atoms with Crippen molar-refractivity contribution in [2.45, 2.75) is 25.2 Å². The first-order valence-corrected chi connectivity index (χ1v) is 8.51. The summed E-state index contributed by atoms with van der Waals surface area (Å²) in [6.07, 6.45) is 1.54. The van der Waals surface area contributed by atoms with Crippen LogP contribution in [0.2, 0.25) is 0 Å². The van der Waals surface area contributed by atoms with Crippen LogP contribution < -0.4 is 4.74 Å². The Hall–Kier alpha value is -2.75. The van der Waals surface area contributed by atoms with Crippen LogP contribution in [0.4, 0.5) is 8.78 Å². The first-order chi connectivity index (χ1) is 12.5. The van der Waals surface area contributed by atoms with E-state index >= 15 is 0 Å². The van der Waals surface area contributed by atoms with Gasteiger partial charge in [0.05, 0.1) is 17.6 Å². The number of ether oxygens (including phenoxy) is 1. The largest absolute Gasteiger partial charge is 0.467 e. The molecule has 3 rings (SSSR count). The van der Waals surface area contributed by atoms with Gasteiger partial charge in [0, 0.05) is 0 Å². The molecule has 0 spiro atoms. The second-order valence-electron chi connectivity index (χ2n) is 5.29. The van der Waals surface area contributed by atoms with E-state index < -0.39 is 6.61 Å². The molecule has 0 aliphatic heterocycles. The first-order valence-electron chi connectivity index (χ1n) is 7.53. The van der Waals surface area contributed by atoms with Gasteiger partial charge in [0.2, 0.25) is 5.16 Å². The summed E-state index contributed by atoms with van der Waals surface area (Å²) < 4.78 is 36.2. The predicted octanol–water partition coefficient (Wildman–Crippen LogP) is 3.20. The van der Waals surface area contributed by atoms with E-state index in [2.05, 4.69) is 20.3 Å². The molecule has 0 bridgehead atoms. The number of hydrogen-bond donors (Lipinski definition) is 0. The van der Waals surface area contributed by atoms with Crippen LogP contribution in [0.25, 0.3) is 0 Å². The number of nitrogens with zero attached hydrogens (tertiary/aromatic N) is 4. The number of rotatable bonds is 8. The lowest BCUT2D eigenvalue weighted by molar-refractivity contribution is -0.0501. The molecule has 7 nitrogen and oxygen atoms in total. The number of Topliss-reactive ketones (excluding diaryl/α,β-unsaturated/α-hetero) is 1. The molecule has 0 atom stereocenters. The van der Waals surface area contributed by atoms with Crippen molar-refractivity contribution < 1.29 is 22.7 Å². The summed E-state index contributed by atoms with van der Waals surface area (Å²) in [6.45, 7) is -0.918. The molecule has 0 aliphatic carbocycles. The van der Waals surface area contributed by atoms with Crippen molar-refractivity contribution in [3.8, 4) is 5.75 Å². The van der Waals surface area contributed by atoms with Crippen molar-refractivity contribution in [1.29, 1.82) is 0 Å². The van der Waals surface area contributed by atoms with E-state index in [0.29, 0.717) is 17.5 Å². The van der Waals surface area contributed by atoms with Gasteiger partial charge in [-0.25, -0.2) is 4.68 Å². The number of halogens is 2. The maximum absolute atomic E-state index is 12.5. The average Bonchev–Trinajstić information content (AvgIpc) is 3.26. The lowest BCUT2D eigenvalue weighted by Gasteiger charge is -2.10. The fourth-order valence-electron chi connectivity index (χ4n) is 2.22. The molecule has 10 heteroatoms. The third kappa shape index (κ3) is 4.45. The number of alkyl halides is 2. The molecule has 0 aliphatic rings. The Kier molecular flexibility index (Phi) is 5.61. The van der Waals surface area contributed by atoms with Gasteiger partial charge in [0.15, 0.2) is 5.78 Å². The molecule has 2 heterocycles. The highest BCUT2D eigenvalue weighted by molar-refractivity contribution is 7.99. The average molecular weight is 380 g/mol. The summed E-state index contributed by atoms with van der Waals surface area (Å²) in [7, 11) is 0. The maximum atomic E-state index is 12.5. The first kappa shape index (κ1) is 18.1. The van der Waals surface area contributed by atoms with Crippen LogP contribution in [0, 0.1) is 6.92 Å². The van der Waals surface area contributed by atoms with E-state index in [-0.39, 0.29) is 22.8 Å². The number of furan rings is 1. The van der Waals surface area contributed by atoms with Crippen LogP contribution >= 0.6 is 11.8 Å². The molecule has 1 aromatic carbocycles. The van der Waals surface area contributed by atoms with Gasteiger partial charge >= 0.3 is 6.61 Å². The zero-order chi connectivity index (χ0) is 18.5. The Morgan fingerprint density at radius 2 is 2.23 bits per heavy atom. The van der Waals surface area contributed by atoms with Crippen molar-refractivity contribution in [2.75, 3.05) is 5.75 Å². The molecule has 0 amide bonds. The number of thioether (sulfide) groups is 1. The number of carbonyl (C=O) groups excluding carboxylic acids is 1. The van der Waals surface area contributed by atoms with E-state index in [1.54, 1.807) is 25.1 Å². The summed E-state index contributed by atoms with van der Waals surface area (Å²) >= 11 is 1.10. The van der Waals surface area contributed by atoms with Crippen LogP contribution in [0.3, 0.4) is 0 Å². The van der Waals surface area contributed by atoms with Crippen LogP contribution in [0.5, 0.6) is 5.75 Å². The van der Waals surface area contributed by atoms with Crippen LogP contribution in [0.1, 0.15) is 21.7 Å². The molecule has 0 fully saturated rings. The Bertz CT molecular complexity index is 884. The number of ketones is 1. The third-order valence-electron chi connectivity index (χ3n) is 3.37.